The van der Waals surface area contributed by atoms with E-state index in [9.17, 15) is 4.39 Å². The quantitative estimate of drug-likeness (QED) is 0.343. The van der Waals surface area contributed by atoms with Gasteiger partial charge in [0.25, 0.3) is 0 Å². The number of benzene rings is 1. The van der Waals surface area contributed by atoms with Crippen molar-refractivity contribution in [2.75, 3.05) is 31.1 Å². The minimum Gasteiger partial charge on any atom is -0.357 e. The maximum Gasteiger partial charge on any atom is 0.191 e. The van der Waals surface area contributed by atoms with Crippen LogP contribution in [0, 0.1) is 5.82 Å². The highest BCUT2D eigenvalue weighted by molar-refractivity contribution is 14.0. The van der Waals surface area contributed by atoms with Crippen molar-refractivity contribution in [1.29, 1.82) is 0 Å². The summed E-state index contributed by atoms with van der Waals surface area (Å²) in [6, 6.07) is 6.45. The molecule has 0 saturated carbocycles. The van der Waals surface area contributed by atoms with Gasteiger partial charge in [0, 0.05) is 38.0 Å². The summed E-state index contributed by atoms with van der Waals surface area (Å²) in [7, 11) is 0. The van der Waals surface area contributed by atoms with Gasteiger partial charge in [0.1, 0.15) is 5.82 Å². The van der Waals surface area contributed by atoms with Crippen molar-refractivity contribution in [2.24, 2.45) is 4.99 Å². The molecule has 0 atom stereocenters. The number of nitrogens with one attached hydrogen (secondary N) is 2. The van der Waals surface area contributed by atoms with Gasteiger partial charge in [0.15, 0.2) is 11.1 Å². The molecule has 0 spiro atoms. The average molecular weight is 503 g/mol. The van der Waals surface area contributed by atoms with Gasteiger partial charge in [-0.05, 0) is 37.5 Å². The van der Waals surface area contributed by atoms with Crippen LogP contribution in [0.25, 0.3) is 0 Å². The van der Waals surface area contributed by atoms with Crippen molar-refractivity contribution in [3.8, 4) is 0 Å². The minimum atomic E-state index is -0.223. The van der Waals surface area contributed by atoms with Crippen LogP contribution in [0.1, 0.15) is 31.0 Å². The second kappa shape index (κ2) is 11.4. The molecule has 1 fully saturated rings. The zero-order valence-electron chi connectivity index (χ0n) is 15.6. The summed E-state index contributed by atoms with van der Waals surface area (Å²) >= 11 is 1.74. The number of anilines is 1. The fourth-order valence-electron chi connectivity index (χ4n) is 2.88. The van der Waals surface area contributed by atoms with Crippen LogP contribution in [0.2, 0.25) is 0 Å². The Kier molecular flexibility index (Phi) is 9.26. The van der Waals surface area contributed by atoms with E-state index in [1.165, 1.54) is 25.0 Å². The average Bonchev–Trinajstić information content (AvgIpc) is 3.32. The molecule has 2 N–H and O–H groups in total. The molecule has 3 rings (SSSR count). The van der Waals surface area contributed by atoms with Gasteiger partial charge in [-0.2, -0.15) is 0 Å². The van der Waals surface area contributed by atoms with Gasteiger partial charge >= 0.3 is 0 Å². The standard InChI is InChI=1S/C19H26FN5S.HI/c1-2-21-18(23-13-15-5-7-16(20)8-6-15)22-10-9-17-14-26-19(24-17)25-11-3-4-12-25;/h5-8,14H,2-4,9-13H2,1H3,(H2,21,22,23);1H. The van der Waals surface area contributed by atoms with Crippen molar-refractivity contribution < 1.29 is 4.39 Å². The molecule has 1 aliphatic heterocycles. The summed E-state index contributed by atoms with van der Waals surface area (Å²) in [4.78, 5) is 11.7. The molecular weight excluding hydrogens is 476 g/mol. The number of nitrogens with zero attached hydrogens (tertiary/aromatic N) is 3. The molecule has 0 bridgehead atoms. The van der Waals surface area contributed by atoms with E-state index in [-0.39, 0.29) is 29.8 Å². The van der Waals surface area contributed by atoms with Gasteiger partial charge in [-0.3, -0.25) is 0 Å². The lowest BCUT2D eigenvalue weighted by molar-refractivity contribution is 0.627. The van der Waals surface area contributed by atoms with Crippen LogP contribution in [-0.2, 0) is 13.0 Å². The normalized spacial score (nSPS) is 14.1. The number of aromatic nitrogens is 1. The van der Waals surface area contributed by atoms with Crippen LogP contribution in [0.3, 0.4) is 0 Å². The van der Waals surface area contributed by atoms with Crippen molar-refractivity contribution >= 4 is 46.4 Å². The van der Waals surface area contributed by atoms with E-state index < -0.39 is 0 Å². The Morgan fingerprint density at radius 3 is 2.67 bits per heavy atom. The number of rotatable bonds is 7. The van der Waals surface area contributed by atoms with Crippen LogP contribution in [0.5, 0.6) is 0 Å². The third-order valence-corrected chi connectivity index (χ3v) is 5.22. The number of guanidine groups is 1. The molecule has 0 unspecified atom stereocenters. The van der Waals surface area contributed by atoms with Gasteiger partial charge in [0.2, 0.25) is 0 Å². The molecule has 1 saturated heterocycles. The van der Waals surface area contributed by atoms with Gasteiger partial charge in [0.05, 0.1) is 12.2 Å². The second-order valence-electron chi connectivity index (χ2n) is 6.31. The first kappa shape index (κ1) is 21.9. The van der Waals surface area contributed by atoms with E-state index in [1.54, 1.807) is 23.5 Å². The first-order chi connectivity index (χ1) is 12.7. The molecule has 0 radical (unpaired) electrons. The number of halogens is 2. The third-order valence-electron chi connectivity index (χ3n) is 4.27. The Balaban J connectivity index is 0.00000261. The summed E-state index contributed by atoms with van der Waals surface area (Å²) in [5, 5.41) is 9.88. The molecule has 1 aromatic carbocycles. The largest absolute Gasteiger partial charge is 0.357 e. The summed E-state index contributed by atoms with van der Waals surface area (Å²) in [6.45, 7) is 6.39. The van der Waals surface area contributed by atoms with Crippen LogP contribution in [0.4, 0.5) is 9.52 Å². The van der Waals surface area contributed by atoms with Gasteiger partial charge in [-0.25, -0.2) is 14.4 Å². The van der Waals surface area contributed by atoms with Crippen molar-refractivity contribution in [3.05, 3.63) is 46.7 Å². The maximum atomic E-state index is 13.0. The lowest BCUT2D eigenvalue weighted by Gasteiger charge is -2.12. The zero-order valence-corrected chi connectivity index (χ0v) is 18.7. The fourth-order valence-corrected chi connectivity index (χ4v) is 3.79. The summed E-state index contributed by atoms with van der Waals surface area (Å²) in [6.07, 6.45) is 3.41. The number of aliphatic imine (C=N–C) groups is 1. The smallest absolute Gasteiger partial charge is 0.191 e. The highest BCUT2D eigenvalue weighted by Gasteiger charge is 2.15. The van der Waals surface area contributed by atoms with Gasteiger partial charge in [-0.15, -0.1) is 35.3 Å². The van der Waals surface area contributed by atoms with E-state index >= 15 is 0 Å². The van der Waals surface area contributed by atoms with Crippen LogP contribution < -0.4 is 15.5 Å². The van der Waals surface area contributed by atoms with Crippen molar-refractivity contribution in [2.45, 2.75) is 32.7 Å². The molecule has 2 aromatic rings. The van der Waals surface area contributed by atoms with Gasteiger partial charge < -0.3 is 15.5 Å². The van der Waals surface area contributed by atoms with Crippen LogP contribution >= 0.6 is 35.3 Å². The molecule has 0 amide bonds. The molecule has 0 aliphatic carbocycles. The predicted molar refractivity (Wildman–Crippen MR) is 122 cm³/mol. The third kappa shape index (κ3) is 6.91. The molecule has 5 nitrogen and oxygen atoms in total. The van der Waals surface area contributed by atoms with Crippen molar-refractivity contribution in [3.63, 3.8) is 0 Å². The molecule has 1 aliphatic rings. The Morgan fingerprint density at radius 1 is 1.22 bits per heavy atom. The maximum absolute atomic E-state index is 13.0. The molecule has 8 heteroatoms. The Bertz CT molecular complexity index is 713. The lowest BCUT2D eigenvalue weighted by atomic mass is 10.2. The molecular formula is C19H27FIN5S. The first-order valence-corrected chi connectivity index (χ1v) is 10.1. The predicted octanol–water partition coefficient (Wildman–Crippen LogP) is 3.80. The molecule has 2 heterocycles. The topological polar surface area (TPSA) is 52.6 Å². The van der Waals surface area contributed by atoms with E-state index in [0.29, 0.717) is 6.54 Å². The highest BCUT2D eigenvalue weighted by Crippen LogP contribution is 2.24. The summed E-state index contributed by atoms with van der Waals surface area (Å²) < 4.78 is 13.0. The Morgan fingerprint density at radius 2 is 1.96 bits per heavy atom. The van der Waals surface area contributed by atoms with E-state index in [1.807, 2.05) is 6.92 Å². The Labute approximate surface area is 181 Å². The minimum absolute atomic E-state index is 0. The molecule has 27 heavy (non-hydrogen) atoms. The number of hydrogen-bond donors (Lipinski definition) is 2. The number of hydrogen-bond acceptors (Lipinski definition) is 4. The number of thiazole rings is 1. The monoisotopic (exact) mass is 503 g/mol. The molecule has 148 valence electrons. The van der Waals surface area contributed by atoms with E-state index in [4.69, 9.17) is 4.98 Å². The fraction of sp³-hybridized carbons (Fsp3) is 0.474. The van der Waals surface area contributed by atoms with E-state index in [0.717, 1.165) is 54.9 Å². The zero-order chi connectivity index (χ0) is 18.2. The van der Waals surface area contributed by atoms with Crippen LogP contribution in [-0.4, -0.2) is 37.1 Å². The van der Waals surface area contributed by atoms with Crippen molar-refractivity contribution in [1.82, 2.24) is 15.6 Å². The summed E-state index contributed by atoms with van der Waals surface area (Å²) in [5.74, 6) is 0.547. The van der Waals surface area contributed by atoms with Gasteiger partial charge in [-0.1, -0.05) is 12.1 Å². The van der Waals surface area contributed by atoms with Crippen LogP contribution in [0.15, 0.2) is 34.6 Å². The SMILES string of the molecule is CCNC(=NCc1ccc(F)cc1)NCCc1csc(N2CCCC2)n1.I. The second-order valence-corrected chi connectivity index (χ2v) is 7.15. The highest BCUT2D eigenvalue weighted by atomic mass is 127. The van der Waals surface area contributed by atoms with E-state index in [2.05, 4.69) is 25.9 Å². The summed E-state index contributed by atoms with van der Waals surface area (Å²) in [5.41, 5.74) is 2.11. The lowest BCUT2D eigenvalue weighted by Crippen LogP contribution is -2.38. The molecule has 1 aromatic heterocycles. The Hall–Kier alpha value is -1.42. The first-order valence-electron chi connectivity index (χ1n) is 9.20.